The number of aliphatic hydroxyl groups is 1. The number of nitrogens with zero attached hydrogens (tertiary/aromatic N) is 3. The molecule has 1 saturated carbocycles. The Labute approximate surface area is 161 Å². The Morgan fingerprint density at radius 3 is 2.59 bits per heavy atom. The van der Waals surface area contributed by atoms with E-state index in [0.29, 0.717) is 24.6 Å². The van der Waals surface area contributed by atoms with Crippen molar-refractivity contribution in [1.29, 1.82) is 0 Å². The van der Waals surface area contributed by atoms with Gasteiger partial charge in [0.1, 0.15) is 6.33 Å². The summed E-state index contributed by atoms with van der Waals surface area (Å²) in [4.78, 5) is 12.4. The summed E-state index contributed by atoms with van der Waals surface area (Å²) in [6.45, 7) is 4.00. The average molecular weight is 370 g/mol. The van der Waals surface area contributed by atoms with Gasteiger partial charge < -0.3 is 15.0 Å². The van der Waals surface area contributed by atoms with Crippen LogP contribution in [0.5, 0.6) is 0 Å². The lowest BCUT2D eigenvalue weighted by atomic mass is 9.95. The van der Waals surface area contributed by atoms with Crippen molar-refractivity contribution >= 4 is 5.91 Å². The predicted octanol–water partition coefficient (Wildman–Crippen LogP) is 3.42. The van der Waals surface area contributed by atoms with E-state index < -0.39 is 5.60 Å². The number of rotatable bonds is 7. The quantitative estimate of drug-likeness (QED) is 0.783. The summed E-state index contributed by atoms with van der Waals surface area (Å²) in [5.41, 5.74) is 1.07. The normalized spacial score (nSPS) is 15.7. The summed E-state index contributed by atoms with van der Waals surface area (Å²) >= 11 is 0. The summed E-state index contributed by atoms with van der Waals surface area (Å²) in [6.07, 6.45) is 9.37. The number of amides is 1. The highest BCUT2D eigenvalue weighted by molar-refractivity contribution is 5.94. The molecule has 2 N–H and O–H groups in total. The fourth-order valence-corrected chi connectivity index (χ4v) is 3.59. The molecule has 0 saturated heterocycles. The van der Waals surface area contributed by atoms with Crippen LogP contribution in [0.2, 0.25) is 0 Å². The van der Waals surface area contributed by atoms with Gasteiger partial charge in [-0.2, -0.15) is 0 Å². The van der Waals surface area contributed by atoms with E-state index in [1.54, 1.807) is 20.2 Å². The van der Waals surface area contributed by atoms with Gasteiger partial charge >= 0.3 is 0 Å². The molecule has 1 aromatic heterocycles. The smallest absolute Gasteiger partial charge is 0.251 e. The van der Waals surface area contributed by atoms with Crippen LogP contribution in [0.1, 0.15) is 80.2 Å². The lowest BCUT2D eigenvalue weighted by Gasteiger charge is -2.24. The molecular weight excluding hydrogens is 340 g/mol. The van der Waals surface area contributed by atoms with Crippen molar-refractivity contribution in [2.75, 3.05) is 0 Å². The van der Waals surface area contributed by atoms with Crippen LogP contribution < -0.4 is 5.32 Å². The van der Waals surface area contributed by atoms with Crippen molar-refractivity contribution in [3.8, 4) is 0 Å². The van der Waals surface area contributed by atoms with Crippen LogP contribution >= 0.6 is 0 Å². The maximum atomic E-state index is 12.4. The second-order valence-corrected chi connectivity index (χ2v) is 8.14. The molecule has 0 spiro atoms. The Balaban J connectivity index is 1.54. The summed E-state index contributed by atoms with van der Waals surface area (Å²) < 4.78 is 2.12. The van der Waals surface area contributed by atoms with Crippen molar-refractivity contribution in [3.05, 3.63) is 47.5 Å². The first-order valence-corrected chi connectivity index (χ1v) is 9.90. The number of carbonyl (C=O) groups excluding carboxylic acids is 1. The first-order valence-electron chi connectivity index (χ1n) is 9.90. The second kappa shape index (κ2) is 8.65. The van der Waals surface area contributed by atoms with Crippen molar-refractivity contribution in [2.45, 2.75) is 77.0 Å². The largest absolute Gasteiger partial charge is 0.390 e. The molecule has 6 heteroatoms. The molecule has 1 fully saturated rings. The van der Waals surface area contributed by atoms with Gasteiger partial charge in [0.05, 0.1) is 12.1 Å². The van der Waals surface area contributed by atoms with Gasteiger partial charge in [-0.05, 0) is 57.2 Å². The first kappa shape index (κ1) is 19.5. The van der Waals surface area contributed by atoms with Crippen LogP contribution in [0.25, 0.3) is 0 Å². The fraction of sp³-hybridized carbons (Fsp3) is 0.571. The van der Waals surface area contributed by atoms with Gasteiger partial charge in [0, 0.05) is 11.6 Å². The van der Waals surface area contributed by atoms with Gasteiger partial charge in [0.15, 0.2) is 5.82 Å². The molecule has 0 aliphatic heterocycles. The average Bonchev–Trinajstić information content (AvgIpc) is 3.13. The topological polar surface area (TPSA) is 80.0 Å². The third-order valence-corrected chi connectivity index (χ3v) is 5.26. The van der Waals surface area contributed by atoms with E-state index in [0.717, 1.165) is 30.7 Å². The minimum absolute atomic E-state index is 0.109. The van der Waals surface area contributed by atoms with Crippen LogP contribution in [0, 0.1) is 0 Å². The van der Waals surface area contributed by atoms with Crippen LogP contribution in [0.15, 0.2) is 30.6 Å². The standard InChI is InChI=1S/C21H30N4O2/c1-21(2,27)13-12-16-8-10-17(11-9-16)20(26)22-14-19-24-23-15-25(19)18-6-4-3-5-7-18/h8-11,15,18,27H,3-7,12-14H2,1-2H3,(H,22,26). The number of nitrogens with one attached hydrogen (secondary N) is 1. The number of aromatic nitrogens is 3. The maximum absolute atomic E-state index is 12.4. The summed E-state index contributed by atoms with van der Waals surface area (Å²) in [7, 11) is 0. The van der Waals surface area contributed by atoms with Crippen LogP contribution in [-0.4, -0.2) is 31.4 Å². The molecule has 0 bridgehead atoms. The number of carbonyl (C=O) groups is 1. The molecule has 1 aliphatic carbocycles. The highest BCUT2D eigenvalue weighted by atomic mass is 16.3. The molecule has 146 valence electrons. The molecule has 6 nitrogen and oxygen atoms in total. The van der Waals surface area contributed by atoms with E-state index in [4.69, 9.17) is 0 Å². The molecule has 1 aromatic carbocycles. The monoisotopic (exact) mass is 370 g/mol. The zero-order chi connectivity index (χ0) is 19.3. The second-order valence-electron chi connectivity index (χ2n) is 8.14. The predicted molar refractivity (Wildman–Crippen MR) is 104 cm³/mol. The van der Waals surface area contributed by atoms with E-state index in [-0.39, 0.29) is 5.91 Å². The molecule has 1 heterocycles. The van der Waals surface area contributed by atoms with Crippen molar-refractivity contribution < 1.29 is 9.90 Å². The molecule has 2 aromatic rings. The highest BCUT2D eigenvalue weighted by Gasteiger charge is 2.19. The summed E-state index contributed by atoms with van der Waals surface area (Å²) in [5, 5.41) is 21.0. The molecular formula is C21H30N4O2. The lowest BCUT2D eigenvalue weighted by molar-refractivity contribution is 0.0713. The van der Waals surface area contributed by atoms with Crippen LogP contribution in [0.4, 0.5) is 0 Å². The summed E-state index contributed by atoms with van der Waals surface area (Å²) in [5.74, 6) is 0.708. The Hall–Kier alpha value is -2.21. The third-order valence-electron chi connectivity index (χ3n) is 5.26. The van der Waals surface area contributed by atoms with Gasteiger partial charge in [-0.15, -0.1) is 10.2 Å². The van der Waals surface area contributed by atoms with Crippen molar-refractivity contribution in [1.82, 2.24) is 20.1 Å². The Morgan fingerprint density at radius 1 is 1.22 bits per heavy atom. The Morgan fingerprint density at radius 2 is 1.93 bits per heavy atom. The molecule has 1 amide bonds. The molecule has 0 atom stereocenters. The molecule has 3 rings (SSSR count). The van der Waals surface area contributed by atoms with Gasteiger partial charge in [-0.25, -0.2) is 0 Å². The SMILES string of the molecule is CC(C)(O)CCc1ccc(C(=O)NCc2nncn2C2CCCCC2)cc1. The van der Waals surface area contributed by atoms with Gasteiger partial charge in [-0.1, -0.05) is 31.4 Å². The minimum atomic E-state index is -0.676. The molecule has 0 radical (unpaired) electrons. The third kappa shape index (κ3) is 5.63. The van der Waals surface area contributed by atoms with Crippen LogP contribution in [-0.2, 0) is 13.0 Å². The number of hydrogen-bond acceptors (Lipinski definition) is 4. The van der Waals surface area contributed by atoms with E-state index in [2.05, 4.69) is 20.1 Å². The maximum Gasteiger partial charge on any atom is 0.251 e. The zero-order valence-corrected chi connectivity index (χ0v) is 16.3. The zero-order valence-electron chi connectivity index (χ0n) is 16.3. The van der Waals surface area contributed by atoms with E-state index in [1.165, 1.54) is 19.3 Å². The van der Waals surface area contributed by atoms with E-state index >= 15 is 0 Å². The minimum Gasteiger partial charge on any atom is -0.390 e. The molecule has 0 unspecified atom stereocenters. The van der Waals surface area contributed by atoms with Crippen LogP contribution in [0.3, 0.4) is 0 Å². The number of aryl methyl sites for hydroxylation is 1. The summed E-state index contributed by atoms with van der Waals surface area (Å²) in [6, 6.07) is 8.02. The van der Waals surface area contributed by atoms with Crippen molar-refractivity contribution in [3.63, 3.8) is 0 Å². The Bertz CT molecular complexity index is 740. The van der Waals surface area contributed by atoms with Gasteiger partial charge in [0.2, 0.25) is 0 Å². The lowest BCUT2D eigenvalue weighted by Crippen LogP contribution is -2.26. The first-order chi connectivity index (χ1) is 12.9. The number of hydrogen-bond donors (Lipinski definition) is 2. The van der Waals surface area contributed by atoms with Gasteiger partial charge in [-0.3, -0.25) is 4.79 Å². The van der Waals surface area contributed by atoms with Crippen molar-refractivity contribution in [2.24, 2.45) is 0 Å². The molecule has 27 heavy (non-hydrogen) atoms. The Kier molecular flexibility index (Phi) is 6.26. The van der Waals surface area contributed by atoms with E-state index in [1.807, 2.05) is 24.3 Å². The molecule has 1 aliphatic rings. The highest BCUT2D eigenvalue weighted by Crippen LogP contribution is 2.28. The fourth-order valence-electron chi connectivity index (χ4n) is 3.59. The number of benzene rings is 1. The van der Waals surface area contributed by atoms with Gasteiger partial charge in [0.25, 0.3) is 5.91 Å². The van der Waals surface area contributed by atoms with E-state index in [9.17, 15) is 9.90 Å².